The standard InChI is InChI=1S/C26H22ClN3O5S/c1-33-18-9-7-17(8-10-18)28-26-30(14-16-6-11-21-22(12-16)35-15-34-21)25(32)23(36-26)13-24(31)29-20-5-3-2-4-19(20)27/h2-12,23H,13-15H2,1H3,(H,29,31)/t23-/m0/s1. The first kappa shape index (κ1) is 24.0. The molecule has 3 aromatic rings. The Morgan fingerprint density at radius 1 is 1.14 bits per heavy atom. The zero-order valence-corrected chi connectivity index (χ0v) is 20.8. The van der Waals surface area contributed by atoms with Gasteiger partial charge in [0.15, 0.2) is 16.7 Å². The lowest BCUT2D eigenvalue weighted by atomic mass is 10.1. The second-order valence-electron chi connectivity index (χ2n) is 8.04. The predicted octanol–water partition coefficient (Wildman–Crippen LogP) is 5.24. The van der Waals surface area contributed by atoms with Gasteiger partial charge in [-0.2, -0.15) is 0 Å². The summed E-state index contributed by atoms with van der Waals surface area (Å²) in [7, 11) is 1.60. The van der Waals surface area contributed by atoms with Gasteiger partial charge >= 0.3 is 0 Å². The molecular formula is C26H22ClN3O5S. The second-order valence-corrected chi connectivity index (χ2v) is 9.62. The van der Waals surface area contributed by atoms with E-state index in [2.05, 4.69) is 5.32 Å². The summed E-state index contributed by atoms with van der Waals surface area (Å²) in [5.74, 6) is 1.51. The number of anilines is 1. The maximum absolute atomic E-state index is 13.4. The number of aliphatic imine (C=N–C) groups is 1. The number of amidine groups is 1. The number of fused-ring (bicyclic) bond motifs is 1. The topological polar surface area (TPSA) is 89.5 Å². The fourth-order valence-electron chi connectivity index (χ4n) is 3.79. The summed E-state index contributed by atoms with van der Waals surface area (Å²) in [6.07, 6.45) is -0.0198. The predicted molar refractivity (Wildman–Crippen MR) is 139 cm³/mol. The average Bonchev–Trinajstić information content (AvgIpc) is 3.46. The highest BCUT2D eigenvalue weighted by atomic mass is 35.5. The number of hydrogen-bond donors (Lipinski definition) is 1. The fraction of sp³-hybridized carbons (Fsp3) is 0.192. The van der Waals surface area contributed by atoms with Crippen LogP contribution in [-0.2, 0) is 16.1 Å². The molecule has 0 aliphatic carbocycles. The Bertz CT molecular complexity index is 1330. The molecule has 1 atom stereocenters. The third kappa shape index (κ3) is 5.27. The smallest absolute Gasteiger partial charge is 0.242 e. The highest BCUT2D eigenvalue weighted by molar-refractivity contribution is 8.15. The minimum absolute atomic E-state index is 0.0198. The molecule has 10 heteroatoms. The van der Waals surface area contributed by atoms with Crippen molar-refractivity contribution >= 4 is 51.7 Å². The SMILES string of the molecule is COc1ccc(N=C2S[C@@H](CC(=O)Nc3ccccc3Cl)C(=O)N2Cc2ccc3c(c2)OCO3)cc1. The first-order chi connectivity index (χ1) is 17.5. The summed E-state index contributed by atoms with van der Waals surface area (Å²) in [6.45, 7) is 0.449. The van der Waals surface area contributed by atoms with Crippen molar-refractivity contribution in [3.8, 4) is 17.2 Å². The molecule has 2 amide bonds. The van der Waals surface area contributed by atoms with Crippen molar-refractivity contribution in [3.05, 3.63) is 77.3 Å². The molecule has 36 heavy (non-hydrogen) atoms. The van der Waals surface area contributed by atoms with Gasteiger partial charge in [-0.05, 0) is 54.1 Å². The summed E-state index contributed by atoms with van der Waals surface area (Å²) in [4.78, 5) is 32.5. The zero-order chi connectivity index (χ0) is 25.1. The van der Waals surface area contributed by atoms with Gasteiger partial charge in [0.1, 0.15) is 11.0 Å². The Morgan fingerprint density at radius 3 is 2.69 bits per heavy atom. The van der Waals surface area contributed by atoms with Crippen molar-refractivity contribution in [1.82, 2.24) is 4.90 Å². The second kappa shape index (κ2) is 10.5. The highest BCUT2D eigenvalue weighted by Crippen LogP contribution is 2.36. The van der Waals surface area contributed by atoms with E-state index >= 15 is 0 Å². The number of thioether (sulfide) groups is 1. The molecule has 2 aliphatic rings. The number of ether oxygens (including phenoxy) is 3. The van der Waals surface area contributed by atoms with Gasteiger partial charge in [0.2, 0.25) is 18.6 Å². The number of nitrogens with one attached hydrogen (secondary N) is 1. The van der Waals surface area contributed by atoms with Crippen LogP contribution in [0.15, 0.2) is 71.7 Å². The maximum Gasteiger partial charge on any atom is 0.242 e. The van der Waals surface area contributed by atoms with Crippen molar-refractivity contribution in [2.24, 2.45) is 4.99 Å². The van der Waals surface area contributed by atoms with Crippen LogP contribution in [0.25, 0.3) is 0 Å². The van der Waals surface area contributed by atoms with Gasteiger partial charge in [0, 0.05) is 6.42 Å². The van der Waals surface area contributed by atoms with Crippen molar-refractivity contribution in [1.29, 1.82) is 0 Å². The van der Waals surface area contributed by atoms with Gasteiger partial charge in [-0.15, -0.1) is 0 Å². The van der Waals surface area contributed by atoms with E-state index in [1.54, 1.807) is 48.4 Å². The lowest BCUT2D eigenvalue weighted by Crippen LogP contribution is -2.33. The van der Waals surface area contributed by atoms with E-state index in [-0.39, 0.29) is 31.6 Å². The molecular weight excluding hydrogens is 502 g/mol. The molecule has 0 radical (unpaired) electrons. The number of rotatable bonds is 7. The van der Waals surface area contributed by atoms with E-state index in [4.69, 9.17) is 30.8 Å². The van der Waals surface area contributed by atoms with Crippen LogP contribution in [0.4, 0.5) is 11.4 Å². The largest absolute Gasteiger partial charge is 0.497 e. The quantitative estimate of drug-likeness (QED) is 0.455. The molecule has 0 spiro atoms. The third-order valence-electron chi connectivity index (χ3n) is 5.61. The van der Waals surface area contributed by atoms with Gasteiger partial charge < -0.3 is 19.5 Å². The summed E-state index contributed by atoms with van der Waals surface area (Å²) in [5.41, 5.74) is 2.03. The summed E-state index contributed by atoms with van der Waals surface area (Å²) < 4.78 is 16.1. The van der Waals surface area contributed by atoms with Gasteiger partial charge in [0.25, 0.3) is 0 Å². The van der Waals surface area contributed by atoms with Crippen LogP contribution in [0.3, 0.4) is 0 Å². The van der Waals surface area contributed by atoms with E-state index in [0.29, 0.717) is 38.8 Å². The molecule has 2 heterocycles. The van der Waals surface area contributed by atoms with Gasteiger partial charge in [0.05, 0.1) is 30.1 Å². The van der Waals surface area contributed by atoms with Crippen LogP contribution in [0, 0.1) is 0 Å². The van der Waals surface area contributed by atoms with Crippen molar-refractivity contribution in [2.75, 3.05) is 19.2 Å². The minimum atomic E-state index is -0.626. The number of carbonyl (C=O) groups is 2. The molecule has 0 saturated carbocycles. The third-order valence-corrected chi connectivity index (χ3v) is 7.12. The maximum atomic E-state index is 13.4. The Labute approximate surface area is 217 Å². The molecule has 0 unspecified atom stereocenters. The number of nitrogens with zero attached hydrogens (tertiary/aromatic N) is 2. The Morgan fingerprint density at radius 2 is 1.92 bits per heavy atom. The normalized spacial score (nSPS) is 17.5. The molecule has 1 fully saturated rings. The zero-order valence-electron chi connectivity index (χ0n) is 19.3. The van der Waals surface area contributed by atoms with E-state index in [1.807, 2.05) is 30.3 Å². The van der Waals surface area contributed by atoms with Crippen molar-refractivity contribution in [2.45, 2.75) is 18.2 Å². The van der Waals surface area contributed by atoms with Crippen molar-refractivity contribution < 1.29 is 23.8 Å². The van der Waals surface area contributed by atoms with Crippen LogP contribution < -0.4 is 19.5 Å². The number of hydrogen-bond acceptors (Lipinski definition) is 7. The minimum Gasteiger partial charge on any atom is -0.497 e. The first-order valence-electron chi connectivity index (χ1n) is 11.1. The fourth-order valence-corrected chi connectivity index (χ4v) is 5.13. The molecule has 3 aromatic carbocycles. The lowest BCUT2D eigenvalue weighted by molar-refractivity contribution is -0.128. The average molecular weight is 524 g/mol. The van der Waals surface area contributed by atoms with Gasteiger partial charge in [-0.25, -0.2) is 4.99 Å². The molecule has 5 rings (SSSR count). The molecule has 1 N–H and O–H groups in total. The van der Waals surface area contributed by atoms with Gasteiger partial charge in [-0.3, -0.25) is 14.5 Å². The van der Waals surface area contributed by atoms with Crippen LogP contribution in [-0.4, -0.2) is 41.0 Å². The summed E-state index contributed by atoms with van der Waals surface area (Å²) in [6, 6.07) is 19.8. The van der Waals surface area contributed by atoms with Crippen molar-refractivity contribution in [3.63, 3.8) is 0 Å². The number of benzene rings is 3. The number of methoxy groups -OCH3 is 1. The van der Waals surface area contributed by atoms with Crippen LogP contribution in [0.1, 0.15) is 12.0 Å². The monoisotopic (exact) mass is 523 g/mol. The Hall–Kier alpha value is -3.69. The van der Waals surface area contributed by atoms with E-state index in [0.717, 1.165) is 5.56 Å². The number of para-hydroxylation sites is 1. The highest BCUT2D eigenvalue weighted by Gasteiger charge is 2.39. The Balaban J connectivity index is 1.38. The lowest BCUT2D eigenvalue weighted by Gasteiger charge is -2.17. The van der Waals surface area contributed by atoms with Crippen LogP contribution >= 0.6 is 23.4 Å². The summed E-state index contributed by atoms with van der Waals surface area (Å²) in [5, 5.41) is 3.11. The van der Waals surface area contributed by atoms with E-state index in [9.17, 15) is 9.59 Å². The molecule has 0 aromatic heterocycles. The Kier molecular flexibility index (Phi) is 7.02. The molecule has 2 aliphatic heterocycles. The van der Waals surface area contributed by atoms with Crippen LogP contribution in [0.5, 0.6) is 17.2 Å². The van der Waals surface area contributed by atoms with Crippen LogP contribution in [0.2, 0.25) is 5.02 Å². The number of halogens is 1. The summed E-state index contributed by atoms with van der Waals surface area (Å²) >= 11 is 7.42. The molecule has 1 saturated heterocycles. The first-order valence-corrected chi connectivity index (χ1v) is 12.4. The number of carbonyl (C=O) groups excluding carboxylic acids is 2. The number of amides is 2. The molecule has 184 valence electrons. The molecule has 0 bridgehead atoms. The van der Waals surface area contributed by atoms with Gasteiger partial charge in [-0.1, -0.05) is 41.6 Å². The van der Waals surface area contributed by atoms with E-state index in [1.165, 1.54) is 11.8 Å². The van der Waals surface area contributed by atoms with E-state index < -0.39 is 5.25 Å². The molecule has 8 nitrogen and oxygen atoms in total.